The summed E-state index contributed by atoms with van der Waals surface area (Å²) in [7, 11) is 0. The van der Waals surface area contributed by atoms with Crippen LogP contribution in [0.15, 0.2) is 72.8 Å². The molecule has 0 amide bonds. The molecule has 0 saturated carbocycles. The van der Waals surface area contributed by atoms with Gasteiger partial charge in [-0.15, -0.1) is 0 Å². The first-order valence-electron chi connectivity index (χ1n) is 6.89. The Morgan fingerprint density at radius 1 is 0.600 bits per heavy atom. The highest BCUT2D eigenvalue weighted by Gasteiger charge is 2.27. The topological polar surface area (TPSA) is 26.0 Å². The Labute approximate surface area is 118 Å². The maximum Gasteiger partial charge on any atom is 0.0564 e. The van der Waals surface area contributed by atoms with Gasteiger partial charge in [-0.05, 0) is 33.4 Å². The molecule has 0 bridgehead atoms. The van der Waals surface area contributed by atoms with Crippen LogP contribution in [0.1, 0.15) is 17.2 Å². The highest BCUT2D eigenvalue weighted by Crippen LogP contribution is 2.46. The lowest BCUT2D eigenvalue weighted by molar-refractivity contribution is 0.901. The van der Waals surface area contributed by atoms with Crippen LogP contribution < -0.4 is 5.73 Å². The second kappa shape index (κ2) is 4.32. The van der Waals surface area contributed by atoms with Crippen molar-refractivity contribution in [3.05, 3.63) is 83.9 Å². The van der Waals surface area contributed by atoms with Gasteiger partial charge in [-0.2, -0.15) is 0 Å². The van der Waals surface area contributed by atoms with E-state index in [0.717, 1.165) is 0 Å². The van der Waals surface area contributed by atoms with Gasteiger partial charge in [0.25, 0.3) is 0 Å². The molecular formula is C19H15N. The molecule has 1 atom stereocenters. The van der Waals surface area contributed by atoms with E-state index in [4.69, 9.17) is 5.73 Å². The van der Waals surface area contributed by atoms with Crippen molar-refractivity contribution in [1.82, 2.24) is 0 Å². The number of fused-ring (bicyclic) bond motifs is 3. The molecule has 0 saturated heterocycles. The largest absolute Gasteiger partial charge is 0.320 e. The van der Waals surface area contributed by atoms with Gasteiger partial charge in [0.1, 0.15) is 0 Å². The summed E-state index contributed by atoms with van der Waals surface area (Å²) < 4.78 is 0. The monoisotopic (exact) mass is 257 g/mol. The summed E-state index contributed by atoms with van der Waals surface area (Å²) in [6.07, 6.45) is 0. The number of rotatable bonds is 1. The second-order valence-electron chi connectivity index (χ2n) is 5.20. The third-order valence-corrected chi connectivity index (χ3v) is 4.08. The van der Waals surface area contributed by atoms with E-state index in [0.29, 0.717) is 0 Å². The summed E-state index contributed by atoms with van der Waals surface area (Å²) in [5.41, 5.74) is 13.9. The molecule has 20 heavy (non-hydrogen) atoms. The average Bonchev–Trinajstić information content (AvgIpc) is 2.82. The molecule has 3 aromatic rings. The molecule has 3 aromatic carbocycles. The van der Waals surface area contributed by atoms with Crippen molar-refractivity contribution in [2.75, 3.05) is 0 Å². The van der Waals surface area contributed by atoms with Crippen molar-refractivity contribution in [1.29, 1.82) is 0 Å². The van der Waals surface area contributed by atoms with Crippen LogP contribution in [0, 0.1) is 0 Å². The van der Waals surface area contributed by atoms with Crippen molar-refractivity contribution in [3.8, 4) is 22.3 Å². The lowest BCUT2D eigenvalue weighted by atomic mass is 9.94. The molecule has 0 aromatic heterocycles. The summed E-state index contributed by atoms with van der Waals surface area (Å²) in [4.78, 5) is 0. The van der Waals surface area contributed by atoms with Crippen LogP contribution in [0.25, 0.3) is 22.3 Å². The van der Waals surface area contributed by atoms with Gasteiger partial charge in [0.2, 0.25) is 0 Å². The van der Waals surface area contributed by atoms with E-state index in [1.807, 2.05) is 6.07 Å². The Bertz CT molecular complexity index is 775. The first kappa shape index (κ1) is 11.4. The fourth-order valence-electron chi connectivity index (χ4n) is 3.15. The minimum Gasteiger partial charge on any atom is -0.320 e. The van der Waals surface area contributed by atoms with Crippen LogP contribution in [0.4, 0.5) is 0 Å². The van der Waals surface area contributed by atoms with E-state index in [2.05, 4.69) is 66.7 Å². The highest BCUT2D eigenvalue weighted by molar-refractivity contribution is 5.91. The Hall–Kier alpha value is -2.38. The molecule has 1 unspecified atom stereocenters. The molecule has 1 nitrogen and oxygen atoms in total. The Kier molecular flexibility index (Phi) is 2.48. The highest BCUT2D eigenvalue weighted by atomic mass is 14.7. The molecule has 0 fully saturated rings. The van der Waals surface area contributed by atoms with E-state index in [-0.39, 0.29) is 6.04 Å². The standard InChI is InChI=1S/C19H15N/c20-19-16-10-5-4-9-15(16)18-14(11-6-12-17(18)19)13-7-2-1-3-8-13/h1-12,19H,20H2. The van der Waals surface area contributed by atoms with Gasteiger partial charge in [-0.1, -0.05) is 72.8 Å². The lowest BCUT2D eigenvalue weighted by Gasteiger charge is -2.10. The van der Waals surface area contributed by atoms with Crippen molar-refractivity contribution < 1.29 is 0 Å². The quantitative estimate of drug-likeness (QED) is 0.687. The van der Waals surface area contributed by atoms with Gasteiger partial charge in [0.15, 0.2) is 0 Å². The van der Waals surface area contributed by atoms with Crippen LogP contribution >= 0.6 is 0 Å². The van der Waals surface area contributed by atoms with Crippen LogP contribution in [0.3, 0.4) is 0 Å². The fraction of sp³-hybridized carbons (Fsp3) is 0.0526. The zero-order valence-electron chi connectivity index (χ0n) is 11.1. The Morgan fingerprint density at radius 3 is 2.10 bits per heavy atom. The minimum atomic E-state index is -0.00939. The van der Waals surface area contributed by atoms with E-state index in [1.54, 1.807) is 0 Å². The minimum absolute atomic E-state index is 0.00939. The number of nitrogens with two attached hydrogens (primary N) is 1. The zero-order chi connectivity index (χ0) is 13.5. The fourth-order valence-corrected chi connectivity index (χ4v) is 3.15. The van der Waals surface area contributed by atoms with Gasteiger partial charge >= 0.3 is 0 Å². The normalized spacial score (nSPS) is 15.8. The molecule has 0 heterocycles. The van der Waals surface area contributed by atoms with Crippen molar-refractivity contribution in [2.45, 2.75) is 6.04 Å². The molecule has 4 rings (SSSR count). The molecule has 96 valence electrons. The zero-order valence-corrected chi connectivity index (χ0v) is 11.1. The van der Waals surface area contributed by atoms with Gasteiger partial charge in [-0.3, -0.25) is 0 Å². The van der Waals surface area contributed by atoms with Crippen molar-refractivity contribution >= 4 is 0 Å². The predicted octanol–water partition coefficient (Wildman–Crippen LogP) is 4.38. The second-order valence-corrected chi connectivity index (χ2v) is 5.20. The summed E-state index contributed by atoms with van der Waals surface area (Å²) in [6.45, 7) is 0. The average molecular weight is 257 g/mol. The summed E-state index contributed by atoms with van der Waals surface area (Å²) >= 11 is 0. The van der Waals surface area contributed by atoms with Gasteiger partial charge in [0, 0.05) is 0 Å². The summed E-state index contributed by atoms with van der Waals surface area (Å²) in [5.74, 6) is 0. The van der Waals surface area contributed by atoms with Gasteiger partial charge in [0.05, 0.1) is 6.04 Å². The van der Waals surface area contributed by atoms with E-state index in [1.165, 1.54) is 33.4 Å². The molecule has 1 aliphatic carbocycles. The number of benzene rings is 3. The summed E-state index contributed by atoms with van der Waals surface area (Å²) in [5, 5.41) is 0. The molecule has 0 radical (unpaired) electrons. The summed E-state index contributed by atoms with van der Waals surface area (Å²) in [6, 6.07) is 25.4. The Balaban J connectivity index is 2.04. The third-order valence-electron chi connectivity index (χ3n) is 4.08. The van der Waals surface area contributed by atoms with Crippen LogP contribution in [-0.4, -0.2) is 0 Å². The lowest BCUT2D eigenvalue weighted by Crippen LogP contribution is -2.07. The molecule has 0 spiro atoms. The number of hydrogen-bond donors (Lipinski definition) is 1. The maximum absolute atomic E-state index is 6.40. The van der Waals surface area contributed by atoms with Crippen molar-refractivity contribution in [2.24, 2.45) is 5.73 Å². The van der Waals surface area contributed by atoms with Gasteiger partial charge in [-0.25, -0.2) is 0 Å². The molecule has 0 aliphatic heterocycles. The van der Waals surface area contributed by atoms with Crippen LogP contribution in [0.2, 0.25) is 0 Å². The maximum atomic E-state index is 6.40. The van der Waals surface area contributed by atoms with E-state index >= 15 is 0 Å². The van der Waals surface area contributed by atoms with Gasteiger partial charge < -0.3 is 5.73 Å². The number of hydrogen-bond acceptors (Lipinski definition) is 1. The van der Waals surface area contributed by atoms with E-state index in [9.17, 15) is 0 Å². The molecule has 2 N–H and O–H groups in total. The van der Waals surface area contributed by atoms with Crippen LogP contribution in [-0.2, 0) is 0 Å². The predicted molar refractivity (Wildman–Crippen MR) is 83.3 cm³/mol. The van der Waals surface area contributed by atoms with Crippen LogP contribution in [0.5, 0.6) is 0 Å². The molecule has 1 aliphatic rings. The SMILES string of the molecule is NC1c2ccccc2-c2c(-c3ccccc3)cccc21. The molecular weight excluding hydrogens is 242 g/mol. The van der Waals surface area contributed by atoms with E-state index < -0.39 is 0 Å². The first-order valence-corrected chi connectivity index (χ1v) is 6.89. The van der Waals surface area contributed by atoms with Crippen molar-refractivity contribution in [3.63, 3.8) is 0 Å². The first-order chi connectivity index (χ1) is 9.86. The Morgan fingerprint density at radius 2 is 1.25 bits per heavy atom. The smallest absolute Gasteiger partial charge is 0.0564 e. The molecule has 1 heteroatoms. The third kappa shape index (κ3) is 1.54.